The molecule has 0 fully saturated rings. The van der Waals surface area contributed by atoms with Crippen molar-refractivity contribution in [2.24, 2.45) is 0 Å². The van der Waals surface area contributed by atoms with Crippen molar-refractivity contribution in [3.05, 3.63) is 64.9 Å². The van der Waals surface area contributed by atoms with Crippen molar-refractivity contribution in [1.29, 1.82) is 0 Å². The van der Waals surface area contributed by atoms with Crippen LogP contribution in [-0.4, -0.2) is 27.4 Å². The summed E-state index contributed by atoms with van der Waals surface area (Å²) >= 11 is 5.78. The van der Waals surface area contributed by atoms with E-state index in [-0.39, 0.29) is 11.4 Å². The summed E-state index contributed by atoms with van der Waals surface area (Å²) in [6.45, 7) is -0.0148. The van der Waals surface area contributed by atoms with Crippen LogP contribution in [0.15, 0.2) is 53.4 Å². The summed E-state index contributed by atoms with van der Waals surface area (Å²) < 4.78 is 38.9. The Balaban J connectivity index is 1.78. The number of nitrogens with one attached hydrogen (secondary N) is 2. The van der Waals surface area contributed by atoms with Gasteiger partial charge in [0.25, 0.3) is 0 Å². The van der Waals surface area contributed by atoms with Crippen LogP contribution in [0.2, 0.25) is 5.02 Å². The van der Waals surface area contributed by atoms with Crippen molar-refractivity contribution in [3.8, 4) is 0 Å². The predicted octanol–water partition coefficient (Wildman–Crippen LogP) is 2.12. The quantitative estimate of drug-likeness (QED) is 0.783. The molecule has 0 spiro atoms. The Labute approximate surface area is 144 Å². The first-order valence-corrected chi connectivity index (χ1v) is 8.99. The van der Waals surface area contributed by atoms with Gasteiger partial charge in [0.2, 0.25) is 15.9 Å². The number of hydrogen-bond acceptors (Lipinski definition) is 3. The van der Waals surface area contributed by atoms with Gasteiger partial charge in [-0.15, -0.1) is 0 Å². The molecule has 0 saturated carbocycles. The highest BCUT2D eigenvalue weighted by atomic mass is 35.5. The molecule has 24 heavy (non-hydrogen) atoms. The highest BCUT2D eigenvalue weighted by Gasteiger charge is 2.15. The van der Waals surface area contributed by atoms with E-state index in [9.17, 15) is 17.6 Å². The molecule has 0 aliphatic rings. The van der Waals surface area contributed by atoms with Crippen LogP contribution in [0.1, 0.15) is 5.56 Å². The monoisotopic (exact) mass is 370 g/mol. The Morgan fingerprint density at radius 1 is 1.04 bits per heavy atom. The first kappa shape index (κ1) is 18.4. The number of carbonyl (C=O) groups excluding carboxylic acids is 1. The summed E-state index contributed by atoms with van der Waals surface area (Å²) in [5.74, 6) is -0.983. The van der Waals surface area contributed by atoms with E-state index in [2.05, 4.69) is 10.0 Å². The molecule has 0 atom stereocenters. The van der Waals surface area contributed by atoms with Gasteiger partial charge in [-0.25, -0.2) is 17.5 Å². The Kier molecular flexibility index (Phi) is 6.30. The van der Waals surface area contributed by atoms with E-state index in [1.165, 1.54) is 0 Å². The molecule has 0 aliphatic carbocycles. The molecule has 2 rings (SSSR count). The van der Waals surface area contributed by atoms with Crippen LogP contribution in [0.25, 0.3) is 0 Å². The van der Waals surface area contributed by atoms with Gasteiger partial charge in [0.05, 0.1) is 11.4 Å². The minimum absolute atomic E-state index is 0.0992. The molecule has 0 heterocycles. The van der Waals surface area contributed by atoms with Crippen LogP contribution in [0.3, 0.4) is 0 Å². The largest absolute Gasteiger partial charge is 0.355 e. The van der Waals surface area contributed by atoms with Gasteiger partial charge in [-0.05, 0) is 48.4 Å². The summed E-state index contributed by atoms with van der Waals surface area (Å²) in [4.78, 5) is 11.6. The molecule has 1 amide bonds. The molecule has 2 aromatic carbocycles. The Morgan fingerprint density at radius 3 is 2.29 bits per heavy atom. The second-order valence-corrected chi connectivity index (χ2v) is 7.21. The van der Waals surface area contributed by atoms with Crippen LogP contribution >= 0.6 is 11.6 Å². The van der Waals surface area contributed by atoms with E-state index in [0.717, 1.165) is 29.8 Å². The molecule has 0 saturated heterocycles. The summed E-state index contributed by atoms with van der Waals surface area (Å²) in [6, 6.07) is 11.6. The maximum absolute atomic E-state index is 12.8. The molecule has 0 aromatic heterocycles. The molecule has 2 N–H and O–H groups in total. The minimum atomic E-state index is -3.85. The van der Waals surface area contributed by atoms with Gasteiger partial charge in [-0.1, -0.05) is 23.7 Å². The van der Waals surface area contributed by atoms with E-state index >= 15 is 0 Å². The van der Waals surface area contributed by atoms with Crippen molar-refractivity contribution >= 4 is 27.5 Å². The van der Waals surface area contributed by atoms with Crippen LogP contribution in [0.4, 0.5) is 4.39 Å². The van der Waals surface area contributed by atoms with Crippen molar-refractivity contribution in [2.75, 3.05) is 13.1 Å². The second-order valence-electron chi connectivity index (χ2n) is 5.00. The first-order chi connectivity index (χ1) is 11.4. The van der Waals surface area contributed by atoms with Crippen LogP contribution in [-0.2, 0) is 21.2 Å². The fourth-order valence-electron chi connectivity index (χ4n) is 1.92. The summed E-state index contributed by atoms with van der Waals surface area (Å²) in [5.41, 5.74) is 1.01. The third-order valence-electron chi connectivity index (χ3n) is 3.20. The van der Waals surface area contributed by atoms with Crippen LogP contribution in [0, 0.1) is 5.82 Å². The zero-order valence-corrected chi connectivity index (χ0v) is 14.2. The van der Waals surface area contributed by atoms with Crippen molar-refractivity contribution < 1.29 is 17.6 Å². The fraction of sp³-hybridized carbons (Fsp3) is 0.188. The highest BCUT2D eigenvalue weighted by molar-refractivity contribution is 7.89. The molecule has 2 aromatic rings. The average Bonchev–Trinajstić information content (AvgIpc) is 2.55. The number of halogens is 2. The predicted molar refractivity (Wildman–Crippen MR) is 89.8 cm³/mol. The summed E-state index contributed by atoms with van der Waals surface area (Å²) in [5, 5.41) is 3.26. The maximum atomic E-state index is 12.8. The number of amides is 1. The number of hydrogen-bond donors (Lipinski definition) is 2. The van der Waals surface area contributed by atoms with E-state index in [0.29, 0.717) is 18.0 Å². The fourth-order valence-corrected chi connectivity index (χ4v) is 3.03. The van der Waals surface area contributed by atoms with Gasteiger partial charge >= 0.3 is 0 Å². The van der Waals surface area contributed by atoms with Crippen molar-refractivity contribution in [2.45, 2.75) is 11.3 Å². The molecule has 0 bridgehead atoms. The van der Waals surface area contributed by atoms with Crippen LogP contribution in [0.5, 0.6) is 0 Å². The first-order valence-electron chi connectivity index (χ1n) is 7.13. The Hall–Kier alpha value is -1.96. The third kappa shape index (κ3) is 5.59. The van der Waals surface area contributed by atoms with E-state index in [1.807, 2.05) is 12.1 Å². The summed E-state index contributed by atoms with van der Waals surface area (Å²) in [7, 11) is -3.85. The average molecular weight is 371 g/mol. The SMILES string of the molecule is O=C(CNS(=O)(=O)c1ccc(F)cc1)NCCc1ccc(Cl)cc1. The standard InChI is InChI=1S/C16H16ClFN2O3S/c17-13-3-1-12(2-4-13)9-10-19-16(21)11-20-24(22,23)15-7-5-14(18)6-8-15/h1-8,20H,9-11H2,(H,19,21). The normalized spacial score (nSPS) is 11.2. The number of carbonyl (C=O) groups is 1. The number of rotatable bonds is 7. The molecular weight excluding hydrogens is 355 g/mol. The lowest BCUT2D eigenvalue weighted by molar-refractivity contribution is -0.119. The van der Waals surface area contributed by atoms with Gasteiger partial charge in [0, 0.05) is 11.6 Å². The number of sulfonamides is 1. The third-order valence-corrected chi connectivity index (χ3v) is 4.86. The lowest BCUT2D eigenvalue weighted by Gasteiger charge is -2.08. The summed E-state index contributed by atoms with van der Waals surface area (Å²) in [6.07, 6.45) is 0.605. The van der Waals surface area contributed by atoms with Gasteiger partial charge in [0.15, 0.2) is 0 Å². The van der Waals surface area contributed by atoms with Gasteiger partial charge in [-0.3, -0.25) is 4.79 Å². The molecule has 128 valence electrons. The van der Waals surface area contributed by atoms with E-state index in [1.54, 1.807) is 12.1 Å². The second kappa shape index (κ2) is 8.23. The lowest BCUT2D eigenvalue weighted by Crippen LogP contribution is -2.37. The molecule has 0 radical (unpaired) electrons. The maximum Gasteiger partial charge on any atom is 0.241 e. The Morgan fingerprint density at radius 2 is 1.67 bits per heavy atom. The van der Waals surface area contributed by atoms with Gasteiger partial charge in [-0.2, -0.15) is 0 Å². The minimum Gasteiger partial charge on any atom is -0.355 e. The molecule has 0 unspecified atom stereocenters. The molecule has 8 heteroatoms. The van der Waals surface area contributed by atoms with Crippen molar-refractivity contribution in [1.82, 2.24) is 10.0 Å². The van der Waals surface area contributed by atoms with Gasteiger partial charge in [0.1, 0.15) is 5.82 Å². The Bertz CT molecular complexity index is 793. The molecule has 0 aliphatic heterocycles. The molecular formula is C16H16ClFN2O3S. The zero-order valence-electron chi connectivity index (χ0n) is 12.6. The van der Waals surface area contributed by atoms with Crippen LogP contribution < -0.4 is 10.0 Å². The zero-order chi connectivity index (χ0) is 17.6. The highest BCUT2D eigenvalue weighted by Crippen LogP contribution is 2.10. The van der Waals surface area contributed by atoms with E-state index in [4.69, 9.17) is 11.6 Å². The number of benzene rings is 2. The van der Waals surface area contributed by atoms with Gasteiger partial charge < -0.3 is 5.32 Å². The molecule has 5 nitrogen and oxygen atoms in total. The van der Waals surface area contributed by atoms with Crippen molar-refractivity contribution in [3.63, 3.8) is 0 Å². The topological polar surface area (TPSA) is 75.3 Å². The lowest BCUT2D eigenvalue weighted by atomic mass is 10.1. The smallest absolute Gasteiger partial charge is 0.241 e. The van der Waals surface area contributed by atoms with E-state index < -0.39 is 21.7 Å².